The Hall–Kier alpha value is -4.07. The highest BCUT2D eigenvalue weighted by Gasteiger charge is 2.48. The molecule has 2 aromatic carbocycles. The van der Waals surface area contributed by atoms with E-state index in [1.807, 2.05) is 0 Å². The zero-order chi connectivity index (χ0) is 23.0. The monoisotopic (exact) mass is 436 g/mol. The van der Waals surface area contributed by atoms with E-state index in [0.717, 1.165) is 22.6 Å². The van der Waals surface area contributed by atoms with Gasteiger partial charge < -0.3 is 9.84 Å². The van der Waals surface area contributed by atoms with Gasteiger partial charge in [-0.3, -0.25) is 19.5 Å². The summed E-state index contributed by atoms with van der Waals surface area (Å²) in [5, 5.41) is 11.2. The van der Waals surface area contributed by atoms with Crippen molar-refractivity contribution in [3.05, 3.63) is 94.8 Å². The molecule has 2 heterocycles. The molecule has 1 atom stereocenters. The number of carbonyl (C=O) groups is 2. The maximum atomic E-state index is 14.7. The van der Waals surface area contributed by atoms with Crippen molar-refractivity contribution in [2.24, 2.45) is 0 Å². The highest BCUT2D eigenvalue weighted by atomic mass is 19.1. The van der Waals surface area contributed by atoms with Crippen LogP contribution in [0, 0.1) is 18.6 Å². The minimum Gasteiger partial charge on any atom is -0.507 e. The Balaban J connectivity index is 2.00. The lowest BCUT2D eigenvalue weighted by molar-refractivity contribution is -0.132. The first kappa shape index (κ1) is 21.2. The first-order valence-electron chi connectivity index (χ1n) is 9.65. The van der Waals surface area contributed by atoms with E-state index in [4.69, 9.17) is 4.74 Å². The number of aliphatic hydroxyl groups excluding tert-OH is 1. The minimum atomic E-state index is -1.23. The molecule has 1 amide bonds. The summed E-state index contributed by atoms with van der Waals surface area (Å²) in [6.07, 6.45) is 1.45. The summed E-state index contributed by atoms with van der Waals surface area (Å²) in [6, 6.07) is 11.2. The number of carbonyl (C=O) groups excluding carboxylic acids is 2. The van der Waals surface area contributed by atoms with E-state index < -0.39 is 35.1 Å². The number of Topliss-reactive ketones (excluding diaryl/α,β-unsaturated/α-hetero) is 1. The normalized spacial score (nSPS) is 17.6. The zero-order valence-corrected chi connectivity index (χ0v) is 17.2. The molecule has 0 radical (unpaired) electrons. The van der Waals surface area contributed by atoms with Gasteiger partial charge in [-0.05, 0) is 43.3 Å². The van der Waals surface area contributed by atoms with E-state index in [1.54, 1.807) is 43.3 Å². The molecule has 0 saturated carbocycles. The smallest absolute Gasteiger partial charge is 0.300 e. The Morgan fingerprint density at radius 1 is 1.09 bits per heavy atom. The molecule has 1 N–H and O–H groups in total. The van der Waals surface area contributed by atoms with Gasteiger partial charge in [0.15, 0.2) is 0 Å². The molecular weight excluding hydrogens is 418 g/mol. The van der Waals surface area contributed by atoms with E-state index in [1.165, 1.54) is 13.3 Å². The SMILES string of the molecule is COc1ccc(C)cc1/C(O)=C1\C(=O)C(=O)N(c2ccc(F)cc2F)C1c1ccccn1. The third-order valence-electron chi connectivity index (χ3n) is 5.19. The molecule has 6 nitrogen and oxygen atoms in total. The van der Waals surface area contributed by atoms with Gasteiger partial charge in [0.2, 0.25) is 0 Å². The fourth-order valence-corrected chi connectivity index (χ4v) is 3.73. The number of ether oxygens (including phenoxy) is 1. The highest BCUT2D eigenvalue weighted by molar-refractivity contribution is 6.51. The number of amides is 1. The van der Waals surface area contributed by atoms with Gasteiger partial charge in [0.05, 0.1) is 29.6 Å². The lowest BCUT2D eigenvalue weighted by atomic mass is 9.97. The first-order chi connectivity index (χ1) is 15.3. The van der Waals surface area contributed by atoms with E-state index in [0.29, 0.717) is 6.07 Å². The van der Waals surface area contributed by atoms with Crippen LogP contribution in [-0.4, -0.2) is 28.9 Å². The van der Waals surface area contributed by atoms with Crippen molar-refractivity contribution in [2.75, 3.05) is 12.0 Å². The van der Waals surface area contributed by atoms with Crippen LogP contribution in [0.25, 0.3) is 5.76 Å². The van der Waals surface area contributed by atoms with Gasteiger partial charge in [-0.25, -0.2) is 8.78 Å². The molecule has 1 aliphatic heterocycles. The summed E-state index contributed by atoms with van der Waals surface area (Å²) in [6.45, 7) is 1.79. The Bertz CT molecular complexity index is 1260. The van der Waals surface area contributed by atoms with Crippen molar-refractivity contribution in [1.82, 2.24) is 4.98 Å². The standard InChI is InChI=1S/C24H18F2N2O4/c1-13-6-9-19(32-2)15(11-13)22(29)20-21(17-5-3-4-10-27-17)28(24(31)23(20)30)18-8-7-14(25)12-16(18)26/h3-12,21,29H,1-2H3/b22-20+. The van der Waals surface area contributed by atoms with Gasteiger partial charge in [0.25, 0.3) is 11.7 Å². The molecule has 3 aromatic rings. The van der Waals surface area contributed by atoms with E-state index >= 15 is 0 Å². The fraction of sp³-hybridized carbons (Fsp3) is 0.125. The quantitative estimate of drug-likeness (QED) is 0.375. The molecular formula is C24H18F2N2O4. The third kappa shape index (κ3) is 3.49. The minimum absolute atomic E-state index is 0.200. The summed E-state index contributed by atoms with van der Waals surface area (Å²) in [7, 11) is 1.41. The number of aliphatic hydroxyl groups is 1. The van der Waals surface area contributed by atoms with Crippen molar-refractivity contribution >= 4 is 23.1 Å². The number of aromatic nitrogens is 1. The molecule has 162 valence electrons. The maximum absolute atomic E-state index is 14.7. The van der Waals surface area contributed by atoms with Crippen molar-refractivity contribution in [3.63, 3.8) is 0 Å². The number of pyridine rings is 1. The number of nitrogens with zero attached hydrogens (tertiary/aromatic N) is 2. The van der Waals surface area contributed by atoms with Gasteiger partial charge >= 0.3 is 0 Å². The number of ketones is 1. The second-order valence-corrected chi connectivity index (χ2v) is 7.22. The molecule has 0 bridgehead atoms. The summed E-state index contributed by atoms with van der Waals surface area (Å²) >= 11 is 0. The zero-order valence-electron chi connectivity index (χ0n) is 17.2. The van der Waals surface area contributed by atoms with Crippen LogP contribution in [0.3, 0.4) is 0 Å². The van der Waals surface area contributed by atoms with E-state index in [-0.39, 0.29) is 28.3 Å². The molecule has 1 aromatic heterocycles. The van der Waals surface area contributed by atoms with Crippen molar-refractivity contribution < 1.29 is 28.2 Å². The number of rotatable bonds is 4. The first-order valence-corrected chi connectivity index (χ1v) is 9.65. The predicted molar refractivity (Wildman–Crippen MR) is 113 cm³/mol. The Morgan fingerprint density at radius 3 is 2.53 bits per heavy atom. The maximum Gasteiger partial charge on any atom is 0.300 e. The van der Waals surface area contributed by atoms with Crippen LogP contribution in [-0.2, 0) is 9.59 Å². The number of anilines is 1. The molecule has 4 rings (SSSR count). The average Bonchev–Trinajstić information content (AvgIpc) is 3.04. The third-order valence-corrected chi connectivity index (χ3v) is 5.19. The molecule has 1 fully saturated rings. The van der Waals surface area contributed by atoms with Gasteiger partial charge in [0, 0.05) is 12.3 Å². The number of methoxy groups -OCH3 is 1. The Morgan fingerprint density at radius 2 is 1.88 bits per heavy atom. The highest BCUT2D eigenvalue weighted by Crippen LogP contribution is 2.43. The van der Waals surface area contributed by atoms with Gasteiger partial charge in [-0.2, -0.15) is 0 Å². The second-order valence-electron chi connectivity index (χ2n) is 7.22. The summed E-state index contributed by atoms with van der Waals surface area (Å²) in [5.74, 6) is -4.15. The van der Waals surface area contributed by atoms with Crippen LogP contribution in [0.15, 0.2) is 66.4 Å². The van der Waals surface area contributed by atoms with Crippen LogP contribution >= 0.6 is 0 Å². The van der Waals surface area contributed by atoms with Crippen LogP contribution in [0.5, 0.6) is 5.75 Å². The molecule has 32 heavy (non-hydrogen) atoms. The molecule has 0 aliphatic carbocycles. The number of benzene rings is 2. The lowest BCUT2D eigenvalue weighted by Crippen LogP contribution is -2.30. The largest absolute Gasteiger partial charge is 0.507 e. The molecule has 1 unspecified atom stereocenters. The molecule has 0 spiro atoms. The van der Waals surface area contributed by atoms with Crippen LogP contribution in [0.1, 0.15) is 22.9 Å². The molecule has 8 heteroatoms. The van der Waals surface area contributed by atoms with Crippen LogP contribution < -0.4 is 9.64 Å². The van der Waals surface area contributed by atoms with Crippen molar-refractivity contribution in [1.29, 1.82) is 0 Å². The topological polar surface area (TPSA) is 79.7 Å². The summed E-state index contributed by atoms with van der Waals surface area (Å²) < 4.78 is 33.4. The summed E-state index contributed by atoms with van der Waals surface area (Å²) in [4.78, 5) is 31.2. The Kier molecular flexibility index (Phi) is 5.44. The lowest BCUT2D eigenvalue weighted by Gasteiger charge is -2.25. The van der Waals surface area contributed by atoms with Crippen LogP contribution in [0.4, 0.5) is 14.5 Å². The second kappa shape index (κ2) is 8.22. The number of aryl methyl sites for hydroxylation is 1. The number of halogens is 2. The summed E-state index contributed by atoms with van der Waals surface area (Å²) in [5.41, 5.74) is 0.621. The van der Waals surface area contributed by atoms with Crippen molar-refractivity contribution in [3.8, 4) is 5.75 Å². The van der Waals surface area contributed by atoms with Crippen LogP contribution in [0.2, 0.25) is 0 Å². The van der Waals surface area contributed by atoms with E-state index in [9.17, 15) is 23.5 Å². The number of hydrogen-bond donors (Lipinski definition) is 1. The number of hydrogen-bond acceptors (Lipinski definition) is 5. The van der Waals surface area contributed by atoms with E-state index in [2.05, 4.69) is 4.98 Å². The Labute approximate surface area is 182 Å². The molecule has 1 aliphatic rings. The van der Waals surface area contributed by atoms with Gasteiger partial charge in [0.1, 0.15) is 29.2 Å². The van der Waals surface area contributed by atoms with Gasteiger partial charge in [-0.1, -0.05) is 17.7 Å². The predicted octanol–water partition coefficient (Wildman–Crippen LogP) is 4.30. The average molecular weight is 436 g/mol. The van der Waals surface area contributed by atoms with Gasteiger partial charge in [-0.15, -0.1) is 0 Å². The fourth-order valence-electron chi connectivity index (χ4n) is 3.73. The molecule has 1 saturated heterocycles. The van der Waals surface area contributed by atoms with Crippen molar-refractivity contribution in [2.45, 2.75) is 13.0 Å².